The van der Waals surface area contributed by atoms with Crippen molar-refractivity contribution in [2.45, 2.75) is 25.8 Å². The third kappa shape index (κ3) is 2.68. The zero-order chi connectivity index (χ0) is 13.2. The number of likely N-dealkylation sites (tertiary alicyclic amines) is 1. The van der Waals surface area contributed by atoms with Crippen molar-refractivity contribution in [2.75, 3.05) is 25.5 Å². The molecule has 1 aromatic heterocycles. The second-order valence-electron chi connectivity index (χ2n) is 5.53. The molecule has 4 heteroatoms. The summed E-state index contributed by atoms with van der Waals surface area (Å²) < 4.78 is 0. The van der Waals surface area contributed by atoms with Crippen LogP contribution in [0.25, 0.3) is 10.8 Å². The normalized spacial score (nSPS) is 20.6. The van der Waals surface area contributed by atoms with Gasteiger partial charge in [-0.05, 0) is 39.4 Å². The highest BCUT2D eigenvalue weighted by atomic mass is 15.2. The van der Waals surface area contributed by atoms with Gasteiger partial charge in [0.15, 0.2) is 5.82 Å². The number of aromatic nitrogens is 2. The van der Waals surface area contributed by atoms with Gasteiger partial charge in [0.1, 0.15) is 0 Å². The minimum absolute atomic E-state index is 0.472. The van der Waals surface area contributed by atoms with Gasteiger partial charge in [0.25, 0.3) is 0 Å². The van der Waals surface area contributed by atoms with Crippen molar-refractivity contribution < 1.29 is 0 Å². The average Bonchev–Trinajstić information content (AvgIpc) is 2.38. The van der Waals surface area contributed by atoms with Gasteiger partial charge < -0.3 is 10.2 Å². The highest BCUT2D eigenvalue weighted by Crippen LogP contribution is 2.23. The molecule has 1 saturated heterocycles. The Bertz CT molecular complexity index is 581. The SMILES string of the molecule is Cc1ccc2c(NC3CCCN(C)C3)nncc2c1. The molecular weight excluding hydrogens is 236 g/mol. The molecule has 1 unspecified atom stereocenters. The first-order valence-corrected chi connectivity index (χ1v) is 6.89. The van der Waals surface area contributed by atoms with Crippen molar-refractivity contribution >= 4 is 16.6 Å². The van der Waals surface area contributed by atoms with Crippen LogP contribution in [-0.4, -0.2) is 41.3 Å². The molecule has 1 aliphatic heterocycles. The van der Waals surface area contributed by atoms with Crippen molar-refractivity contribution in [2.24, 2.45) is 0 Å². The van der Waals surface area contributed by atoms with E-state index in [0.29, 0.717) is 6.04 Å². The van der Waals surface area contributed by atoms with Gasteiger partial charge in [0.2, 0.25) is 0 Å². The van der Waals surface area contributed by atoms with Crippen LogP contribution in [0, 0.1) is 6.92 Å². The fourth-order valence-electron chi connectivity index (χ4n) is 2.79. The van der Waals surface area contributed by atoms with E-state index in [-0.39, 0.29) is 0 Å². The van der Waals surface area contributed by atoms with E-state index in [9.17, 15) is 0 Å². The molecule has 0 radical (unpaired) electrons. The van der Waals surface area contributed by atoms with E-state index in [1.54, 1.807) is 0 Å². The van der Waals surface area contributed by atoms with E-state index in [0.717, 1.165) is 23.1 Å². The van der Waals surface area contributed by atoms with Gasteiger partial charge in [-0.2, -0.15) is 5.10 Å². The van der Waals surface area contributed by atoms with E-state index in [2.05, 4.69) is 52.6 Å². The van der Waals surface area contributed by atoms with Gasteiger partial charge >= 0.3 is 0 Å². The molecule has 1 aromatic carbocycles. The number of nitrogens with zero attached hydrogens (tertiary/aromatic N) is 3. The fourth-order valence-corrected chi connectivity index (χ4v) is 2.79. The summed E-state index contributed by atoms with van der Waals surface area (Å²) in [5, 5.41) is 14.3. The van der Waals surface area contributed by atoms with Crippen molar-refractivity contribution in [1.82, 2.24) is 15.1 Å². The molecule has 0 amide bonds. The first kappa shape index (κ1) is 12.4. The molecular formula is C15H20N4. The number of benzene rings is 1. The lowest BCUT2D eigenvalue weighted by molar-refractivity contribution is 0.261. The van der Waals surface area contributed by atoms with Crippen LogP contribution >= 0.6 is 0 Å². The maximum atomic E-state index is 4.28. The van der Waals surface area contributed by atoms with Gasteiger partial charge in [-0.3, -0.25) is 0 Å². The number of hydrogen-bond acceptors (Lipinski definition) is 4. The number of aryl methyl sites for hydroxylation is 1. The molecule has 4 nitrogen and oxygen atoms in total. The molecule has 1 aliphatic rings. The minimum Gasteiger partial charge on any atom is -0.364 e. The summed E-state index contributed by atoms with van der Waals surface area (Å²) in [6.07, 6.45) is 4.28. The lowest BCUT2D eigenvalue weighted by Crippen LogP contribution is -2.39. The van der Waals surface area contributed by atoms with Crippen molar-refractivity contribution in [1.29, 1.82) is 0 Å². The van der Waals surface area contributed by atoms with E-state index in [4.69, 9.17) is 0 Å². The molecule has 0 bridgehead atoms. The third-order valence-corrected chi connectivity index (χ3v) is 3.78. The maximum absolute atomic E-state index is 4.28. The fraction of sp³-hybridized carbons (Fsp3) is 0.467. The van der Waals surface area contributed by atoms with Crippen LogP contribution in [0.4, 0.5) is 5.82 Å². The average molecular weight is 256 g/mol. The second-order valence-corrected chi connectivity index (χ2v) is 5.53. The van der Waals surface area contributed by atoms with Gasteiger partial charge in [0, 0.05) is 23.4 Å². The van der Waals surface area contributed by atoms with Crippen molar-refractivity contribution in [3.8, 4) is 0 Å². The molecule has 19 heavy (non-hydrogen) atoms. The van der Waals surface area contributed by atoms with E-state index in [1.807, 2.05) is 6.20 Å². The molecule has 1 fully saturated rings. The molecule has 1 atom stereocenters. The second kappa shape index (κ2) is 5.13. The van der Waals surface area contributed by atoms with E-state index in [1.165, 1.54) is 24.9 Å². The number of nitrogens with one attached hydrogen (secondary N) is 1. The molecule has 100 valence electrons. The molecule has 3 rings (SSSR count). The Hall–Kier alpha value is -1.68. The monoisotopic (exact) mass is 256 g/mol. The Morgan fingerprint density at radius 2 is 2.26 bits per heavy atom. The smallest absolute Gasteiger partial charge is 0.156 e. The van der Waals surface area contributed by atoms with E-state index < -0.39 is 0 Å². The Morgan fingerprint density at radius 3 is 3.11 bits per heavy atom. The maximum Gasteiger partial charge on any atom is 0.156 e. The summed E-state index contributed by atoms with van der Waals surface area (Å²) in [5.41, 5.74) is 1.25. The van der Waals surface area contributed by atoms with E-state index >= 15 is 0 Å². The number of piperidine rings is 1. The van der Waals surface area contributed by atoms with Crippen LogP contribution in [-0.2, 0) is 0 Å². The lowest BCUT2D eigenvalue weighted by Gasteiger charge is -2.30. The van der Waals surface area contributed by atoms with Crippen LogP contribution in [0.2, 0.25) is 0 Å². The van der Waals surface area contributed by atoms with Gasteiger partial charge in [0.05, 0.1) is 6.20 Å². The zero-order valence-corrected chi connectivity index (χ0v) is 11.6. The largest absolute Gasteiger partial charge is 0.364 e. The summed E-state index contributed by atoms with van der Waals surface area (Å²) in [6, 6.07) is 6.89. The first-order chi connectivity index (χ1) is 9.22. The molecule has 0 saturated carbocycles. The zero-order valence-electron chi connectivity index (χ0n) is 11.6. The Kier molecular flexibility index (Phi) is 3.34. The van der Waals surface area contributed by atoms with Crippen LogP contribution in [0.5, 0.6) is 0 Å². The number of rotatable bonds is 2. The predicted molar refractivity (Wildman–Crippen MR) is 78.4 cm³/mol. The molecule has 2 heterocycles. The molecule has 0 aliphatic carbocycles. The molecule has 1 N–H and O–H groups in total. The quantitative estimate of drug-likeness (QED) is 0.896. The Labute approximate surface area is 113 Å². The van der Waals surface area contributed by atoms with Crippen LogP contribution < -0.4 is 5.32 Å². The minimum atomic E-state index is 0.472. The van der Waals surface area contributed by atoms with Gasteiger partial charge in [-0.1, -0.05) is 17.7 Å². The van der Waals surface area contributed by atoms with Crippen LogP contribution in [0.1, 0.15) is 18.4 Å². The summed E-state index contributed by atoms with van der Waals surface area (Å²) in [4.78, 5) is 2.36. The number of hydrogen-bond donors (Lipinski definition) is 1. The van der Waals surface area contributed by atoms with Crippen LogP contribution in [0.3, 0.4) is 0 Å². The highest BCUT2D eigenvalue weighted by Gasteiger charge is 2.18. The molecule has 2 aromatic rings. The number of likely N-dealkylation sites (N-methyl/N-ethyl adjacent to an activating group) is 1. The summed E-state index contributed by atoms with van der Waals surface area (Å²) in [5.74, 6) is 0.915. The Balaban J connectivity index is 1.88. The summed E-state index contributed by atoms with van der Waals surface area (Å²) in [6.45, 7) is 4.37. The predicted octanol–water partition coefficient (Wildman–Crippen LogP) is 2.44. The van der Waals surface area contributed by atoms with Gasteiger partial charge in [-0.25, -0.2) is 0 Å². The third-order valence-electron chi connectivity index (χ3n) is 3.78. The Morgan fingerprint density at radius 1 is 1.37 bits per heavy atom. The number of fused-ring (bicyclic) bond motifs is 1. The van der Waals surface area contributed by atoms with Crippen molar-refractivity contribution in [3.63, 3.8) is 0 Å². The topological polar surface area (TPSA) is 41.0 Å². The number of anilines is 1. The highest BCUT2D eigenvalue weighted by molar-refractivity contribution is 5.91. The lowest BCUT2D eigenvalue weighted by atomic mass is 10.1. The van der Waals surface area contributed by atoms with Crippen molar-refractivity contribution in [3.05, 3.63) is 30.0 Å². The summed E-state index contributed by atoms with van der Waals surface area (Å²) >= 11 is 0. The summed E-state index contributed by atoms with van der Waals surface area (Å²) in [7, 11) is 2.17. The van der Waals surface area contributed by atoms with Gasteiger partial charge in [-0.15, -0.1) is 5.10 Å². The standard InChI is InChI=1S/C15H20N4/c1-11-5-6-14-12(8-11)9-16-18-15(14)17-13-4-3-7-19(2)10-13/h5-6,8-9,13H,3-4,7,10H2,1-2H3,(H,17,18). The van der Waals surface area contributed by atoms with Crippen LogP contribution in [0.15, 0.2) is 24.4 Å². The molecule has 0 spiro atoms. The first-order valence-electron chi connectivity index (χ1n) is 6.89.